The van der Waals surface area contributed by atoms with Crippen molar-refractivity contribution in [1.29, 1.82) is 0 Å². The second kappa shape index (κ2) is 9.10. The molecule has 0 N–H and O–H groups in total. The minimum Gasteiger partial charge on any atom is -0.311 e. The molecule has 0 saturated heterocycles. The SMILES string of the molecule is O=C(C1=C(c2ccccc2)N(CCc2ccccc2)C(=O)CC1)c1ccccc1Cl. The lowest BCUT2D eigenvalue weighted by molar-refractivity contribution is -0.128. The molecule has 1 heterocycles. The van der Waals surface area contributed by atoms with Crippen molar-refractivity contribution in [3.8, 4) is 0 Å². The Morgan fingerprint density at radius 2 is 1.47 bits per heavy atom. The highest BCUT2D eigenvalue weighted by Crippen LogP contribution is 2.34. The van der Waals surface area contributed by atoms with E-state index in [9.17, 15) is 9.59 Å². The molecule has 0 saturated carbocycles. The summed E-state index contributed by atoms with van der Waals surface area (Å²) in [5, 5.41) is 0.426. The molecule has 0 radical (unpaired) electrons. The zero-order valence-electron chi connectivity index (χ0n) is 16.6. The first-order valence-electron chi connectivity index (χ1n) is 10.1. The summed E-state index contributed by atoms with van der Waals surface area (Å²) in [6, 6.07) is 26.8. The molecule has 3 nitrogen and oxygen atoms in total. The number of Topliss-reactive ketones (excluding diaryl/α,β-unsaturated/α-hetero) is 1. The van der Waals surface area contributed by atoms with Crippen LogP contribution in [0.25, 0.3) is 5.70 Å². The van der Waals surface area contributed by atoms with Crippen LogP contribution in [0.3, 0.4) is 0 Å². The van der Waals surface area contributed by atoms with Gasteiger partial charge in [0.2, 0.25) is 5.91 Å². The minimum absolute atomic E-state index is 0.0421. The maximum Gasteiger partial charge on any atom is 0.227 e. The van der Waals surface area contributed by atoms with Crippen LogP contribution in [-0.4, -0.2) is 23.1 Å². The molecular formula is C26H22ClNO2. The number of nitrogens with zero attached hydrogens (tertiary/aromatic N) is 1. The first-order chi connectivity index (χ1) is 14.6. The van der Waals surface area contributed by atoms with Crippen molar-refractivity contribution in [2.24, 2.45) is 0 Å². The number of carbonyl (C=O) groups excluding carboxylic acids is 2. The molecule has 1 amide bonds. The zero-order chi connectivity index (χ0) is 20.9. The van der Waals surface area contributed by atoms with E-state index in [0.717, 1.165) is 17.5 Å². The molecule has 0 aromatic heterocycles. The van der Waals surface area contributed by atoms with Crippen molar-refractivity contribution < 1.29 is 9.59 Å². The third-order valence-corrected chi connectivity index (χ3v) is 5.68. The number of benzene rings is 3. The zero-order valence-corrected chi connectivity index (χ0v) is 17.3. The number of hydrogen-bond donors (Lipinski definition) is 0. The van der Waals surface area contributed by atoms with Gasteiger partial charge in [-0.15, -0.1) is 0 Å². The first kappa shape index (κ1) is 20.1. The van der Waals surface area contributed by atoms with Gasteiger partial charge in [0, 0.05) is 24.1 Å². The van der Waals surface area contributed by atoms with Gasteiger partial charge >= 0.3 is 0 Å². The summed E-state index contributed by atoms with van der Waals surface area (Å²) in [4.78, 5) is 28.1. The summed E-state index contributed by atoms with van der Waals surface area (Å²) in [6.45, 7) is 0.520. The van der Waals surface area contributed by atoms with E-state index in [4.69, 9.17) is 11.6 Å². The Labute approximate surface area is 181 Å². The number of allylic oxidation sites excluding steroid dienone is 1. The maximum atomic E-state index is 13.5. The van der Waals surface area contributed by atoms with E-state index < -0.39 is 0 Å². The van der Waals surface area contributed by atoms with E-state index in [0.29, 0.717) is 41.2 Å². The Kier molecular flexibility index (Phi) is 6.10. The minimum atomic E-state index is -0.114. The van der Waals surface area contributed by atoms with Gasteiger partial charge in [0.1, 0.15) is 0 Å². The summed E-state index contributed by atoms with van der Waals surface area (Å²) < 4.78 is 0. The Bertz CT molecular complexity index is 1090. The number of carbonyl (C=O) groups is 2. The molecule has 0 fully saturated rings. The van der Waals surface area contributed by atoms with Gasteiger partial charge in [-0.3, -0.25) is 9.59 Å². The fourth-order valence-electron chi connectivity index (χ4n) is 3.85. The van der Waals surface area contributed by atoms with Gasteiger partial charge < -0.3 is 4.90 Å². The quantitative estimate of drug-likeness (QED) is 0.477. The van der Waals surface area contributed by atoms with E-state index in [2.05, 4.69) is 12.1 Å². The van der Waals surface area contributed by atoms with Gasteiger partial charge in [-0.25, -0.2) is 0 Å². The van der Waals surface area contributed by atoms with E-state index >= 15 is 0 Å². The van der Waals surface area contributed by atoms with Crippen LogP contribution in [0.1, 0.15) is 34.3 Å². The van der Waals surface area contributed by atoms with Crippen molar-refractivity contribution >= 4 is 29.0 Å². The smallest absolute Gasteiger partial charge is 0.227 e. The van der Waals surface area contributed by atoms with Gasteiger partial charge in [0.05, 0.1) is 10.7 Å². The maximum absolute atomic E-state index is 13.5. The van der Waals surface area contributed by atoms with E-state index in [1.165, 1.54) is 0 Å². The van der Waals surface area contributed by atoms with Crippen molar-refractivity contribution in [3.63, 3.8) is 0 Å². The Morgan fingerprint density at radius 1 is 0.833 bits per heavy atom. The second-order valence-corrected chi connectivity index (χ2v) is 7.69. The van der Waals surface area contributed by atoms with E-state index in [1.807, 2.05) is 60.7 Å². The third kappa shape index (κ3) is 4.22. The van der Waals surface area contributed by atoms with Crippen LogP contribution in [0, 0.1) is 0 Å². The van der Waals surface area contributed by atoms with Crippen LogP contribution in [0.4, 0.5) is 0 Å². The molecule has 4 rings (SSSR count). The number of ketones is 1. The van der Waals surface area contributed by atoms with Gasteiger partial charge in [-0.2, -0.15) is 0 Å². The molecule has 1 aliphatic heterocycles. The average Bonchev–Trinajstić information content (AvgIpc) is 2.79. The molecule has 0 unspecified atom stereocenters. The van der Waals surface area contributed by atoms with Gasteiger partial charge in [0.25, 0.3) is 0 Å². The highest BCUT2D eigenvalue weighted by molar-refractivity contribution is 6.35. The molecule has 4 heteroatoms. The largest absolute Gasteiger partial charge is 0.311 e. The van der Waals surface area contributed by atoms with Crippen LogP contribution in [0.15, 0.2) is 90.5 Å². The lowest BCUT2D eigenvalue weighted by Crippen LogP contribution is -2.36. The van der Waals surface area contributed by atoms with Crippen LogP contribution < -0.4 is 0 Å². The van der Waals surface area contributed by atoms with E-state index in [-0.39, 0.29) is 11.7 Å². The molecular weight excluding hydrogens is 394 g/mol. The molecule has 3 aromatic carbocycles. The number of amides is 1. The second-order valence-electron chi connectivity index (χ2n) is 7.28. The van der Waals surface area contributed by atoms with Crippen molar-refractivity contribution in [2.75, 3.05) is 6.54 Å². The Morgan fingerprint density at radius 3 is 2.17 bits per heavy atom. The Balaban J connectivity index is 1.77. The first-order valence-corrected chi connectivity index (χ1v) is 10.4. The monoisotopic (exact) mass is 415 g/mol. The molecule has 0 spiro atoms. The van der Waals surface area contributed by atoms with Crippen LogP contribution in [0.2, 0.25) is 5.02 Å². The lowest BCUT2D eigenvalue weighted by atomic mass is 9.90. The summed E-state index contributed by atoms with van der Waals surface area (Å²) in [5.74, 6) is -0.0721. The summed E-state index contributed by atoms with van der Waals surface area (Å²) in [7, 11) is 0. The van der Waals surface area contributed by atoms with Gasteiger partial charge in [0.15, 0.2) is 5.78 Å². The standard InChI is InChI=1S/C26H22ClNO2/c27-23-14-8-7-13-21(23)26(30)22-15-16-24(29)28(18-17-19-9-3-1-4-10-19)25(22)20-11-5-2-6-12-20/h1-14H,15-18H2. The molecule has 0 bridgehead atoms. The van der Waals surface area contributed by atoms with Crippen LogP contribution in [-0.2, 0) is 11.2 Å². The third-order valence-electron chi connectivity index (χ3n) is 5.35. The predicted molar refractivity (Wildman–Crippen MR) is 120 cm³/mol. The molecule has 1 aliphatic rings. The summed E-state index contributed by atoms with van der Waals surface area (Å²) >= 11 is 6.31. The molecule has 3 aromatic rings. The fourth-order valence-corrected chi connectivity index (χ4v) is 4.07. The van der Waals surface area contributed by atoms with Crippen molar-refractivity contribution in [2.45, 2.75) is 19.3 Å². The average molecular weight is 416 g/mol. The lowest BCUT2D eigenvalue weighted by Gasteiger charge is -2.32. The molecule has 0 atom stereocenters. The Hall–Kier alpha value is -3.17. The van der Waals surface area contributed by atoms with Gasteiger partial charge in [-0.1, -0.05) is 84.4 Å². The number of rotatable bonds is 6. The normalized spacial score (nSPS) is 14.2. The highest BCUT2D eigenvalue weighted by Gasteiger charge is 2.31. The summed E-state index contributed by atoms with van der Waals surface area (Å²) in [6.07, 6.45) is 1.45. The highest BCUT2D eigenvalue weighted by atomic mass is 35.5. The van der Waals surface area contributed by atoms with E-state index in [1.54, 1.807) is 17.0 Å². The molecule has 30 heavy (non-hydrogen) atoms. The topological polar surface area (TPSA) is 37.4 Å². The summed E-state index contributed by atoms with van der Waals surface area (Å²) in [5.41, 5.74) is 3.84. The fraction of sp³-hybridized carbons (Fsp3) is 0.154. The number of hydrogen-bond acceptors (Lipinski definition) is 2. The van der Waals surface area contributed by atoms with Gasteiger partial charge in [-0.05, 0) is 36.1 Å². The van der Waals surface area contributed by atoms with Crippen LogP contribution >= 0.6 is 11.6 Å². The molecule has 0 aliphatic carbocycles. The predicted octanol–water partition coefficient (Wildman–Crippen LogP) is 5.80. The molecule has 150 valence electrons. The van der Waals surface area contributed by atoms with Crippen molar-refractivity contribution in [1.82, 2.24) is 4.90 Å². The number of halogens is 1. The van der Waals surface area contributed by atoms with Crippen molar-refractivity contribution in [3.05, 3.63) is 112 Å². The van der Waals surface area contributed by atoms with Crippen LogP contribution in [0.5, 0.6) is 0 Å².